The van der Waals surface area contributed by atoms with Crippen LogP contribution in [0.2, 0.25) is 0 Å². The van der Waals surface area contributed by atoms with Crippen LogP contribution in [-0.4, -0.2) is 24.0 Å². The fourth-order valence-corrected chi connectivity index (χ4v) is 1.45. The van der Waals surface area contributed by atoms with Gasteiger partial charge >= 0.3 is 11.9 Å². The van der Waals surface area contributed by atoms with E-state index in [9.17, 15) is 9.59 Å². The first-order chi connectivity index (χ1) is 9.47. The lowest BCUT2D eigenvalue weighted by Gasteiger charge is -2.18. The first kappa shape index (κ1) is 13.7. The summed E-state index contributed by atoms with van der Waals surface area (Å²) in [5.41, 5.74) is 5.94. The minimum Gasteiger partial charge on any atom is -0.491 e. The molecule has 1 aromatic rings. The van der Waals surface area contributed by atoms with Crippen molar-refractivity contribution in [2.24, 2.45) is 10.9 Å². The predicted octanol–water partition coefficient (Wildman–Crippen LogP) is 0.525. The van der Waals surface area contributed by atoms with Crippen LogP contribution in [0.15, 0.2) is 29.4 Å². The van der Waals surface area contributed by atoms with Crippen LogP contribution in [0.1, 0.15) is 13.8 Å². The van der Waals surface area contributed by atoms with E-state index in [0.717, 1.165) is 5.06 Å². The van der Waals surface area contributed by atoms with Crippen LogP contribution in [-0.2, 0) is 19.3 Å². The molecule has 1 aliphatic rings. The number of hydrogen-bond acceptors (Lipinski definition) is 8. The SMILES string of the molecule is CC(C)Oc1ccc(N2OC(=O)C(=O)ON=C2N)cc1. The lowest BCUT2D eigenvalue weighted by Crippen LogP contribution is -2.38. The third kappa shape index (κ3) is 2.97. The predicted molar refractivity (Wildman–Crippen MR) is 68.5 cm³/mol. The van der Waals surface area contributed by atoms with Gasteiger partial charge in [-0.15, -0.1) is 5.06 Å². The fraction of sp³-hybridized carbons (Fsp3) is 0.250. The van der Waals surface area contributed by atoms with Crippen LogP contribution in [0.25, 0.3) is 0 Å². The first-order valence-corrected chi connectivity index (χ1v) is 5.81. The minimum absolute atomic E-state index is 0.0366. The summed E-state index contributed by atoms with van der Waals surface area (Å²) < 4.78 is 5.48. The number of benzene rings is 1. The molecule has 0 saturated heterocycles. The standard InChI is InChI=1S/C12H13N3O5/c1-7(2)18-9-5-3-8(4-6-9)15-12(13)14-19-10(16)11(17)20-15/h3-7H,1-2H3,(H2,13,14). The Bertz CT molecular complexity index is 553. The average Bonchev–Trinajstić information content (AvgIpc) is 2.53. The molecule has 0 bridgehead atoms. The number of hydroxylamine groups is 1. The van der Waals surface area contributed by atoms with Crippen molar-refractivity contribution in [2.75, 3.05) is 5.06 Å². The van der Waals surface area contributed by atoms with Gasteiger partial charge in [-0.3, -0.25) is 0 Å². The summed E-state index contributed by atoms with van der Waals surface area (Å²) in [5, 5.41) is 4.17. The summed E-state index contributed by atoms with van der Waals surface area (Å²) in [6, 6.07) is 6.54. The molecule has 2 rings (SSSR count). The van der Waals surface area contributed by atoms with Crippen LogP contribution >= 0.6 is 0 Å². The number of anilines is 1. The highest BCUT2D eigenvalue weighted by molar-refractivity contribution is 6.30. The quantitative estimate of drug-likeness (QED) is 0.635. The maximum atomic E-state index is 11.3. The lowest BCUT2D eigenvalue weighted by atomic mass is 10.3. The van der Waals surface area contributed by atoms with Crippen LogP contribution < -0.4 is 15.5 Å². The second kappa shape index (κ2) is 5.47. The Hall–Kier alpha value is -2.77. The van der Waals surface area contributed by atoms with Gasteiger partial charge in [0.25, 0.3) is 5.96 Å². The van der Waals surface area contributed by atoms with Crippen LogP contribution in [0.5, 0.6) is 5.75 Å². The Kier molecular flexibility index (Phi) is 3.74. The van der Waals surface area contributed by atoms with Crippen molar-refractivity contribution in [1.29, 1.82) is 0 Å². The van der Waals surface area contributed by atoms with Crippen LogP contribution in [0.4, 0.5) is 5.69 Å². The zero-order valence-corrected chi connectivity index (χ0v) is 10.9. The molecule has 20 heavy (non-hydrogen) atoms. The number of oxime groups is 1. The molecule has 1 heterocycles. The van der Waals surface area contributed by atoms with Crippen molar-refractivity contribution in [1.82, 2.24) is 0 Å². The average molecular weight is 279 g/mol. The Morgan fingerprint density at radius 2 is 1.85 bits per heavy atom. The highest BCUT2D eigenvalue weighted by Crippen LogP contribution is 2.21. The molecule has 0 aromatic heterocycles. The third-order valence-electron chi connectivity index (χ3n) is 2.21. The van der Waals surface area contributed by atoms with Gasteiger partial charge in [-0.1, -0.05) is 0 Å². The van der Waals surface area contributed by atoms with Crippen molar-refractivity contribution in [3.8, 4) is 5.75 Å². The zero-order valence-electron chi connectivity index (χ0n) is 10.9. The topological polar surface area (TPSA) is 103 Å². The van der Waals surface area contributed by atoms with E-state index in [-0.39, 0.29) is 12.1 Å². The minimum atomic E-state index is -1.24. The number of hydrogen-bond donors (Lipinski definition) is 1. The van der Waals surface area contributed by atoms with Gasteiger partial charge in [0.1, 0.15) is 5.75 Å². The Morgan fingerprint density at radius 1 is 1.20 bits per heavy atom. The molecule has 0 atom stereocenters. The second-order valence-corrected chi connectivity index (χ2v) is 4.16. The molecule has 0 radical (unpaired) electrons. The van der Waals surface area contributed by atoms with E-state index in [4.69, 9.17) is 15.3 Å². The molecule has 8 nitrogen and oxygen atoms in total. The summed E-state index contributed by atoms with van der Waals surface area (Å²) in [7, 11) is 0. The van der Waals surface area contributed by atoms with E-state index in [1.807, 2.05) is 13.8 Å². The smallest absolute Gasteiger partial charge is 0.445 e. The Morgan fingerprint density at radius 3 is 2.45 bits per heavy atom. The third-order valence-corrected chi connectivity index (χ3v) is 2.21. The van der Waals surface area contributed by atoms with Crippen LogP contribution in [0.3, 0.4) is 0 Å². The maximum absolute atomic E-state index is 11.3. The van der Waals surface area contributed by atoms with Crippen molar-refractivity contribution in [3.05, 3.63) is 24.3 Å². The fourth-order valence-electron chi connectivity index (χ4n) is 1.45. The van der Waals surface area contributed by atoms with E-state index in [2.05, 4.69) is 9.99 Å². The van der Waals surface area contributed by atoms with E-state index in [1.54, 1.807) is 24.3 Å². The van der Waals surface area contributed by atoms with E-state index < -0.39 is 11.9 Å². The Labute approximate surface area is 114 Å². The molecular weight excluding hydrogens is 266 g/mol. The number of carbonyl (C=O) groups is 2. The summed E-state index contributed by atoms with van der Waals surface area (Å²) in [6.07, 6.45) is 0.0366. The first-order valence-electron chi connectivity index (χ1n) is 5.81. The number of nitrogens with two attached hydrogens (primary N) is 1. The molecular formula is C12H13N3O5. The van der Waals surface area contributed by atoms with Crippen LogP contribution in [0, 0.1) is 0 Å². The van der Waals surface area contributed by atoms with E-state index in [0.29, 0.717) is 11.4 Å². The van der Waals surface area contributed by atoms with E-state index in [1.165, 1.54) is 0 Å². The molecule has 0 unspecified atom stereocenters. The molecule has 0 amide bonds. The van der Waals surface area contributed by atoms with Gasteiger partial charge in [-0.2, -0.15) is 0 Å². The second-order valence-electron chi connectivity index (χ2n) is 4.16. The molecule has 0 aliphatic carbocycles. The summed E-state index contributed by atoms with van der Waals surface area (Å²) in [6.45, 7) is 3.80. The number of ether oxygens (including phenoxy) is 1. The molecule has 0 fully saturated rings. The summed E-state index contributed by atoms with van der Waals surface area (Å²) >= 11 is 0. The highest BCUT2D eigenvalue weighted by Gasteiger charge is 2.28. The van der Waals surface area contributed by atoms with Crippen molar-refractivity contribution >= 4 is 23.6 Å². The molecule has 2 N–H and O–H groups in total. The van der Waals surface area contributed by atoms with Gasteiger partial charge in [0.2, 0.25) is 0 Å². The maximum Gasteiger partial charge on any atom is 0.445 e. The molecule has 1 aliphatic heterocycles. The largest absolute Gasteiger partial charge is 0.491 e. The van der Waals surface area contributed by atoms with Gasteiger partial charge in [0.05, 0.1) is 11.8 Å². The van der Waals surface area contributed by atoms with Crippen molar-refractivity contribution in [2.45, 2.75) is 20.0 Å². The number of nitrogens with zero attached hydrogens (tertiary/aromatic N) is 2. The van der Waals surface area contributed by atoms with Gasteiger partial charge in [-0.25, -0.2) is 9.59 Å². The molecule has 106 valence electrons. The molecule has 1 aromatic carbocycles. The van der Waals surface area contributed by atoms with Crippen molar-refractivity contribution in [3.63, 3.8) is 0 Å². The number of rotatable bonds is 3. The van der Waals surface area contributed by atoms with Gasteiger partial charge in [0.15, 0.2) is 0 Å². The normalized spacial score (nSPS) is 15.3. The number of carbonyl (C=O) groups excluding carboxylic acids is 2. The lowest BCUT2D eigenvalue weighted by molar-refractivity contribution is -0.166. The molecule has 0 spiro atoms. The van der Waals surface area contributed by atoms with Gasteiger partial charge in [0, 0.05) is 0 Å². The highest BCUT2D eigenvalue weighted by atomic mass is 16.8. The van der Waals surface area contributed by atoms with Gasteiger partial charge < -0.3 is 20.1 Å². The molecule has 8 heteroatoms. The number of guanidine groups is 1. The van der Waals surface area contributed by atoms with Crippen molar-refractivity contribution < 1.29 is 24.0 Å². The Balaban J connectivity index is 2.21. The van der Waals surface area contributed by atoms with E-state index >= 15 is 0 Å². The zero-order chi connectivity index (χ0) is 14.7. The monoisotopic (exact) mass is 279 g/mol. The summed E-state index contributed by atoms with van der Waals surface area (Å²) in [5.74, 6) is -2.08. The molecule has 0 saturated carbocycles. The summed E-state index contributed by atoms with van der Waals surface area (Å²) in [4.78, 5) is 31.3. The van der Waals surface area contributed by atoms with Gasteiger partial charge in [-0.05, 0) is 43.3 Å².